The van der Waals surface area contributed by atoms with Gasteiger partial charge in [-0.25, -0.2) is 4.39 Å². The molecule has 21 heavy (non-hydrogen) atoms. The van der Waals surface area contributed by atoms with E-state index in [0.717, 1.165) is 17.8 Å². The number of rotatable bonds is 4. The molecule has 0 aliphatic rings. The molecule has 2 aromatic rings. The molecule has 1 atom stereocenters. The van der Waals surface area contributed by atoms with E-state index in [2.05, 4.69) is 24.0 Å². The molecule has 0 radical (unpaired) electrons. The zero-order chi connectivity index (χ0) is 15.6. The van der Waals surface area contributed by atoms with Gasteiger partial charge >= 0.3 is 0 Å². The van der Waals surface area contributed by atoms with E-state index in [-0.39, 0.29) is 11.9 Å². The van der Waals surface area contributed by atoms with Gasteiger partial charge in [0.25, 0.3) is 0 Å². The highest BCUT2D eigenvalue weighted by Gasteiger charge is 2.14. The van der Waals surface area contributed by atoms with Crippen molar-refractivity contribution in [3.8, 4) is 0 Å². The normalized spacial score (nSPS) is 12.3. The van der Waals surface area contributed by atoms with Crippen molar-refractivity contribution in [2.45, 2.75) is 33.4 Å². The van der Waals surface area contributed by atoms with Crippen LogP contribution in [0.3, 0.4) is 0 Å². The van der Waals surface area contributed by atoms with E-state index in [4.69, 9.17) is 5.73 Å². The lowest BCUT2D eigenvalue weighted by Crippen LogP contribution is -2.21. The van der Waals surface area contributed by atoms with Crippen LogP contribution in [0.15, 0.2) is 36.4 Å². The van der Waals surface area contributed by atoms with E-state index in [1.165, 1.54) is 11.1 Å². The van der Waals surface area contributed by atoms with Crippen LogP contribution < -0.4 is 10.6 Å². The Hall–Kier alpha value is -1.87. The zero-order valence-corrected chi connectivity index (χ0v) is 13.2. The van der Waals surface area contributed by atoms with Crippen LogP contribution in [0, 0.1) is 19.7 Å². The van der Waals surface area contributed by atoms with Crippen molar-refractivity contribution in [1.29, 1.82) is 0 Å². The SMILES string of the molecule is Cc1cc(N(C)Cc2ccccc2C)c([C@@H](C)N)cc1F. The van der Waals surface area contributed by atoms with Gasteiger partial charge in [-0.2, -0.15) is 0 Å². The Bertz CT molecular complexity index is 635. The first kappa shape index (κ1) is 15.5. The number of benzene rings is 2. The Kier molecular flexibility index (Phi) is 4.63. The Morgan fingerprint density at radius 2 is 1.81 bits per heavy atom. The van der Waals surface area contributed by atoms with Gasteiger partial charge in [0.2, 0.25) is 0 Å². The molecule has 112 valence electrons. The van der Waals surface area contributed by atoms with E-state index in [1.807, 2.05) is 32.2 Å². The highest BCUT2D eigenvalue weighted by molar-refractivity contribution is 5.57. The number of aryl methyl sites for hydroxylation is 2. The maximum atomic E-state index is 13.8. The average molecular weight is 286 g/mol. The Morgan fingerprint density at radius 1 is 1.14 bits per heavy atom. The van der Waals surface area contributed by atoms with E-state index in [0.29, 0.717) is 5.56 Å². The van der Waals surface area contributed by atoms with Crippen LogP contribution >= 0.6 is 0 Å². The fourth-order valence-electron chi connectivity index (χ4n) is 2.51. The van der Waals surface area contributed by atoms with Crippen LogP contribution in [0.1, 0.15) is 35.2 Å². The Labute approximate surface area is 126 Å². The fourth-order valence-corrected chi connectivity index (χ4v) is 2.51. The summed E-state index contributed by atoms with van der Waals surface area (Å²) in [5.74, 6) is -0.199. The molecule has 0 bridgehead atoms. The van der Waals surface area contributed by atoms with E-state index < -0.39 is 0 Å². The minimum Gasteiger partial charge on any atom is -0.370 e. The summed E-state index contributed by atoms with van der Waals surface area (Å²) < 4.78 is 13.8. The van der Waals surface area contributed by atoms with Crippen molar-refractivity contribution >= 4 is 5.69 Å². The molecule has 0 aliphatic heterocycles. The van der Waals surface area contributed by atoms with Gasteiger partial charge in [0.1, 0.15) is 5.82 Å². The van der Waals surface area contributed by atoms with Crippen LogP contribution in [0.5, 0.6) is 0 Å². The van der Waals surface area contributed by atoms with Crippen LogP contribution in [-0.4, -0.2) is 7.05 Å². The lowest BCUT2D eigenvalue weighted by atomic mass is 10.0. The van der Waals surface area contributed by atoms with Crippen molar-refractivity contribution in [2.75, 3.05) is 11.9 Å². The van der Waals surface area contributed by atoms with Gasteiger partial charge in [0, 0.05) is 25.3 Å². The first-order valence-corrected chi connectivity index (χ1v) is 7.21. The molecule has 2 rings (SSSR count). The maximum absolute atomic E-state index is 13.8. The molecule has 0 unspecified atom stereocenters. The predicted octanol–water partition coefficient (Wildman–Crippen LogP) is 4.10. The second-order valence-electron chi connectivity index (χ2n) is 5.73. The molecular formula is C18H23FN2. The fraction of sp³-hybridized carbons (Fsp3) is 0.333. The van der Waals surface area contributed by atoms with Crippen molar-refractivity contribution in [3.63, 3.8) is 0 Å². The summed E-state index contributed by atoms with van der Waals surface area (Å²) in [6.07, 6.45) is 0. The summed E-state index contributed by atoms with van der Waals surface area (Å²) in [5, 5.41) is 0. The predicted molar refractivity (Wildman–Crippen MR) is 87.0 cm³/mol. The number of hydrogen-bond acceptors (Lipinski definition) is 2. The first-order valence-electron chi connectivity index (χ1n) is 7.21. The molecule has 0 aliphatic carbocycles. The van der Waals surface area contributed by atoms with Crippen LogP contribution in [0.2, 0.25) is 0 Å². The van der Waals surface area contributed by atoms with Gasteiger partial charge in [-0.1, -0.05) is 24.3 Å². The summed E-state index contributed by atoms with van der Waals surface area (Å²) >= 11 is 0. The standard InChI is InChI=1S/C18H23FN2/c1-12-7-5-6-8-15(12)11-21(4)18-9-13(2)17(19)10-16(18)14(3)20/h5-10,14H,11,20H2,1-4H3/t14-/m1/s1. The van der Waals surface area contributed by atoms with E-state index >= 15 is 0 Å². The smallest absolute Gasteiger partial charge is 0.126 e. The summed E-state index contributed by atoms with van der Waals surface area (Å²) in [6.45, 7) is 6.55. The molecule has 0 aromatic heterocycles. The van der Waals surface area contributed by atoms with Gasteiger partial charge < -0.3 is 10.6 Å². The molecule has 0 saturated heterocycles. The second kappa shape index (κ2) is 6.27. The zero-order valence-electron chi connectivity index (χ0n) is 13.2. The minimum absolute atomic E-state index is 0.199. The molecule has 2 aromatic carbocycles. The van der Waals surface area contributed by atoms with Crippen LogP contribution in [0.4, 0.5) is 10.1 Å². The summed E-state index contributed by atoms with van der Waals surface area (Å²) in [5.41, 5.74) is 11.0. The minimum atomic E-state index is -0.200. The topological polar surface area (TPSA) is 29.3 Å². The summed E-state index contributed by atoms with van der Waals surface area (Å²) in [6, 6.07) is 11.5. The second-order valence-corrected chi connectivity index (χ2v) is 5.73. The quantitative estimate of drug-likeness (QED) is 0.917. The van der Waals surface area contributed by atoms with Crippen molar-refractivity contribution < 1.29 is 4.39 Å². The molecular weight excluding hydrogens is 263 g/mol. The lowest BCUT2D eigenvalue weighted by molar-refractivity contribution is 0.612. The number of nitrogens with two attached hydrogens (primary N) is 1. The van der Waals surface area contributed by atoms with Crippen molar-refractivity contribution in [1.82, 2.24) is 0 Å². The largest absolute Gasteiger partial charge is 0.370 e. The van der Waals surface area contributed by atoms with Crippen molar-refractivity contribution in [2.24, 2.45) is 5.73 Å². The molecule has 0 saturated carbocycles. The number of hydrogen-bond donors (Lipinski definition) is 1. The third kappa shape index (κ3) is 3.42. The van der Waals surface area contributed by atoms with E-state index in [1.54, 1.807) is 13.0 Å². The Morgan fingerprint density at radius 3 is 2.43 bits per heavy atom. The van der Waals surface area contributed by atoms with Crippen LogP contribution in [0.25, 0.3) is 0 Å². The van der Waals surface area contributed by atoms with Gasteiger partial charge in [0.15, 0.2) is 0 Å². The van der Waals surface area contributed by atoms with Gasteiger partial charge in [-0.05, 0) is 55.2 Å². The molecule has 0 amide bonds. The monoisotopic (exact) mass is 286 g/mol. The number of nitrogens with zero attached hydrogens (tertiary/aromatic N) is 1. The number of halogens is 1. The van der Waals surface area contributed by atoms with Crippen LogP contribution in [-0.2, 0) is 6.54 Å². The molecule has 0 spiro atoms. The van der Waals surface area contributed by atoms with E-state index in [9.17, 15) is 4.39 Å². The van der Waals surface area contributed by atoms with Crippen molar-refractivity contribution in [3.05, 3.63) is 64.5 Å². The highest BCUT2D eigenvalue weighted by Crippen LogP contribution is 2.29. The van der Waals surface area contributed by atoms with Gasteiger partial charge in [-0.3, -0.25) is 0 Å². The maximum Gasteiger partial charge on any atom is 0.126 e. The average Bonchev–Trinajstić information content (AvgIpc) is 2.43. The summed E-state index contributed by atoms with van der Waals surface area (Å²) in [7, 11) is 2.02. The molecule has 3 heteroatoms. The summed E-state index contributed by atoms with van der Waals surface area (Å²) in [4.78, 5) is 2.13. The molecule has 2 nitrogen and oxygen atoms in total. The highest BCUT2D eigenvalue weighted by atomic mass is 19.1. The first-order chi connectivity index (χ1) is 9.90. The lowest BCUT2D eigenvalue weighted by Gasteiger charge is -2.25. The number of anilines is 1. The Balaban J connectivity index is 2.37. The molecule has 2 N–H and O–H groups in total. The molecule has 0 heterocycles. The third-order valence-corrected chi connectivity index (χ3v) is 3.88. The van der Waals surface area contributed by atoms with Gasteiger partial charge in [-0.15, -0.1) is 0 Å². The molecule has 0 fully saturated rings. The van der Waals surface area contributed by atoms with Gasteiger partial charge in [0.05, 0.1) is 0 Å². The third-order valence-electron chi connectivity index (χ3n) is 3.88.